The predicted octanol–water partition coefficient (Wildman–Crippen LogP) is 4.77. The summed E-state index contributed by atoms with van der Waals surface area (Å²) >= 11 is 5.93. The first kappa shape index (κ1) is 13.5. The van der Waals surface area contributed by atoms with Crippen molar-refractivity contribution in [2.24, 2.45) is 0 Å². The second-order valence-electron chi connectivity index (χ2n) is 5.62. The van der Waals surface area contributed by atoms with Gasteiger partial charge in [0.25, 0.3) is 5.24 Å². The molecule has 0 saturated heterocycles. The van der Waals surface area contributed by atoms with Crippen LogP contribution in [0.5, 0.6) is 0 Å². The highest BCUT2D eigenvalue weighted by Crippen LogP contribution is 2.36. The van der Waals surface area contributed by atoms with E-state index in [4.69, 9.17) is 16.6 Å². The topological polar surface area (TPSA) is 30.0 Å². The van der Waals surface area contributed by atoms with E-state index in [0.717, 1.165) is 47.0 Å². The third kappa shape index (κ3) is 2.03. The van der Waals surface area contributed by atoms with Crippen molar-refractivity contribution < 1.29 is 4.79 Å². The number of aryl methyl sites for hydroxylation is 1. The molecule has 2 aromatic carbocycles. The van der Waals surface area contributed by atoms with Gasteiger partial charge < -0.3 is 0 Å². The molecule has 0 atom stereocenters. The van der Waals surface area contributed by atoms with Gasteiger partial charge in [0.15, 0.2) is 0 Å². The monoisotopic (exact) mass is 307 g/mol. The lowest BCUT2D eigenvalue weighted by atomic mass is 9.95. The van der Waals surface area contributed by atoms with Gasteiger partial charge in [-0.25, -0.2) is 4.98 Å². The van der Waals surface area contributed by atoms with Gasteiger partial charge in [-0.1, -0.05) is 42.5 Å². The van der Waals surface area contributed by atoms with Gasteiger partial charge in [-0.05, 0) is 48.1 Å². The number of hydrogen-bond acceptors (Lipinski definition) is 2. The predicted molar refractivity (Wildman–Crippen MR) is 89.4 cm³/mol. The molecule has 0 aliphatic heterocycles. The van der Waals surface area contributed by atoms with Crippen LogP contribution in [0.25, 0.3) is 22.2 Å². The molecule has 1 aliphatic carbocycles. The number of fused-ring (bicyclic) bond motifs is 4. The highest BCUT2D eigenvalue weighted by molar-refractivity contribution is 6.68. The van der Waals surface area contributed by atoms with Crippen LogP contribution in [0, 0.1) is 0 Å². The Bertz CT molecular complexity index is 901. The van der Waals surface area contributed by atoms with Crippen LogP contribution in [0.4, 0.5) is 0 Å². The van der Waals surface area contributed by atoms with Crippen LogP contribution in [-0.4, -0.2) is 10.2 Å². The molecule has 0 N–H and O–H groups in total. The Morgan fingerprint density at radius 2 is 1.77 bits per heavy atom. The number of carbonyl (C=O) groups excluding carboxylic acids is 1. The van der Waals surface area contributed by atoms with Crippen molar-refractivity contribution in [3.05, 3.63) is 65.2 Å². The first-order valence-electron chi connectivity index (χ1n) is 7.45. The van der Waals surface area contributed by atoms with Gasteiger partial charge in [-0.15, -0.1) is 0 Å². The van der Waals surface area contributed by atoms with Crippen LogP contribution >= 0.6 is 11.6 Å². The van der Waals surface area contributed by atoms with Gasteiger partial charge in [0, 0.05) is 16.5 Å². The summed E-state index contributed by atoms with van der Waals surface area (Å²) < 4.78 is 0. The van der Waals surface area contributed by atoms with Crippen molar-refractivity contribution in [2.45, 2.75) is 19.3 Å². The van der Waals surface area contributed by atoms with Crippen LogP contribution in [-0.2, 0) is 12.8 Å². The number of nitrogens with zero attached hydrogens (tertiary/aromatic N) is 1. The fourth-order valence-corrected chi connectivity index (χ4v) is 3.58. The summed E-state index contributed by atoms with van der Waals surface area (Å²) in [6.45, 7) is 0. The number of aromatic nitrogens is 1. The number of benzene rings is 2. The average Bonchev–Trinajstić information content (AvgIpc) is 2.71. The third-order valence-electron chi connectivity index (χ3n) is 4.34. The number of hydrogen-bond donors (Lipinski definition) is 0. The molecule has 0 saturated carbocycles. The lowest BCUT2D eigenvalue weighted by molar-refractivity contribution is 0.108. The van der Waals surface area contributed by atoms with E-state index in [2.05, 4.69) is 18.2 Å². The van der Waals surface area contributed by atoms with Crippen molar-refractivity contribution >= 4 is 27.7 Å². The van der Waals surface area contributed by atoms with Crippen LogP contribution in [0.15, 0.2) is 48.5 Å². The molecular weight excluding hydrogens is 294 g/mol. The van der Waals surface area contributed by atoms with E-state index in [1.54, 1.807) is 0 Å². The number of halogens is 1. The van der Waals surface area contributed by atoms with Gasteiger partial charge in [0.1, 0.15) is 0 Å². The Morgan fingerprint density at radius 1 is 1.00 bits per heavy atom. The second kappa shape index (κ2) is 5.22. The molecule has 0 amide bonds. The van der Waals surface area contributed by atoms with E-state index < -0.39 is 5.24 Å². The largest absolute Gasteiger partial charge is 0.276 e. The van der Waals surface area contributed by atoms with Gasteiger partial charge in [-0.3, -0.25) is 4.79 Å². The van der Waals surface area contributed by atoms with Crippen LogP contribution < -0.4 is 0 Å². The molecule has 0 fully saturated rings. The van der Waals surface area contributed by atoms with E-state index >= 15 is 0 Å². The molecule has 22 heavy (non-hydrogen) atoms. The molecule has 0 spiro atoms. The van der Waals surface area contributed by atoms with E-state index in [9.17, 15) is 4.79 Å². The van der Waals surface area contributed by atoms with Crippen molar-refractivity contribution in [1.29, 1.82) is 0 Å². The highest BCUT2D eigenvalue weighted by Gasteiger charge is 2.23. The minimum Gasteiger partial charge on any atom is -0.276 e. The van der Waals surface area contributed by atoms with Gasteiger partial charge >= 0.3 is 0 Å². The Morgan fingerprint density at radius 3 is 2.64 bits per heavy atom. The minimum atomic E-state index is -0.394. The molecule has 3 heteroatoms. The summed E-state index contributed by atoms with van der Waals surface area (Å²) in [6.07, 6.45) is 2.83. The van der Waals surface area contributed by atoms with Crippen LogP contribution in [0.1, 0.15) is 27.9 Å². The maximum Gasteiger partial charge on any atom is 0.253 e. The highest BCUT2D eigenvalue weighted by atomic mass is 35.5. The van der Waals surface area contributed by atoms with Gasteiger partial charge in [0.2, 0.25) is 0 Å². The molecule has 4 rings (SSSR count). The summed E-state index contributed by atoms with van der Waals surface area (Å²) in [7, 11) is 0. The number of carbonyl (C=O) groups is 1. The number of rotatable bonds is 1. The lowest BCUT2D eigenvalue weighted by Crippen LogP contribution is -2.04. The third-order valence-corrected chi connectivity index (χ3v) is 4.52. The Kier molecular flexibility index (Phi) is 3.20. The fraction of sp³-hybridized carbons (Fsp3) is 0.158. The summed E-state index contributed by atoms with van der Waals surface area (Å²) in [5.74, 6) is 0. The van der Waals surface area contributed by atoms with E-state index in [1.807, 2.05) is 30.3 Å². The summed E-state index contributed by atoms with van der Waals surface area (Å²) in [4.78, 5) is 16.9. The maximum absolute atomic E-state index is 12.1. The molecule has 3 aromatic rings. The Hall–Kier alpha value is -2.19. The van der Waals surface area contributed by atoms with Crippen LogP contribution in [0.2, 0.25) is 0 Å². The zero-order valence-corrected chi connectivity index (χ0v) is 12.7. The molecule has 108 valence electrons. The average molecular weight is 308 g/mol. The summed E-state index contributed by atoms with van der Waals surface area (Å²) in [5, 5.41) is 0.454. The molecule has 1 aromatic heterocycles. The van der Waals surface area contributed by atoms with Gasteiger partial charge in [0.05, 0.1) is 11.2 Å². The van der Waals surface area contributed by atoms with Crippen molar-refractivity contribution in [3.8, 4) is 11.3 Å². The first-order valence-corrected chi connectivity index (χ1v) is 7.83. The van der Waals surface area contributed by atoms with E-state index in [-0.39, 0.29) is 0 Å². The lowest BCUT2D eigenvalue weighted by Gasteiger charge is -2.14. The number of pyridine rings is 1. The standard InChI is InChI=1S/C19H14ClNO/c20-19(22)17-14-9-3-4-11-16(14)21-18-13-8-2-1-6-12(13)7-5-10-15(17)18/h1-4,6,8-9,11H,5,7,10H2. The maximum atomic E-state index is 12.1. The minimum absolute atomic E-state index is 0.394. The zero-order chi connectivity index (χ0) is 15.1. The normalized spacial score (nSPS) is 13.3. The molecular formula is C19H14ClNO. The molecule has 0 unspecified atom stereocenters. The Labute approximate surface area is 133 Å². The van der Waals surface area contributed by atoms with Crippen LogP contribution in [0.3, 0.4) is 0 Å². The smallest absolute Gasteiger partial charge is 0.253 e. The summed E-state index contributed by atoms with van der Waals surface area (Å²) in [5.41, 5.74) is 5.76. The zero-order valence-electron chi connectivity index (χ0n) is 12.0. The van der Waals surface area contributed by atoms with Gasteiger partial charge in [-0.2, -0.15) is 0 Å². The first-order chi connectivity index (χ1) is 10.8. The van der Waals surface area contributed by atoms with Crippen molar-refractivity contribution in [2.75, 3.05) is 0 Å². The number of para-hydroxylation sites is 1. The quantitative estimate of drug-likeness (QED) is 0.606. The molecule has 2 nitrogen and oxygen atoms in total. The van der Waals surface area contributed by atoms with Crippen molar-refractivity contribution in [1.82, 2.24) is 4.98 Å². The van der Waals surface area contributed by atoms with E-state index in [0.29, 0.717) is 5.56 Å². The van der Waals surface area contributed by atoms with Crippen molar-refractivity contribution in [3.63, 3.8) is 0 Å². The second-order valence-corrected chi connectivity index (χ2v) is 5.96. The molecule has 0 bridgehead atoms. The summed E-state index contributed by atoms with van der Waals surface area (Å²) in [6, 6.07) is 16.0. The Balaban J connectivity index is 2.15. The fourth-order valence-electron chi connectivity index (χ4n) is 3.37. The van der Waals surface area contributed by atoms with E-state index in [1.165, 1.54) is 5.56 Å². The molecule has 1 aliphatic rings. The SMILES string of the molecule is O=C(Cl)c1c2c(nc3ccccc13)-c1ccccc1CCC2. The molecule has 1 heterocycles. The molecule has 0 radical (unpaired) electrons.